The molecule has 0 spiro atoms. The van der Waals surface area contributed by atoms with Gasteiger partial charge in [0.05, 0.1) is 6.54 Å². The van der Waals surface area contributed by atoms with Crippen molar-refractivity contribution >= 4 is 6.09 Å². The van der Waals surface area contributed by atoms with Gasteiger partial charge in [-0.25, -0.2) is 4.79 Å². The molecule has 84 valence electrons. The molecule has 0 heterocycles. The fraction of sp³-hybridized carbons (Fsp3) is 0.250. The van der Waals surface area contributed by atoms with Crippen LogP contribution in [0.3, 0.4) is 0 Å². The number of hydrogen-bond acceptors (Lipinski definition) is 3. The number of primary amides is 1. The second kappa shape index (κ2) is 6.49. The van der Waals surface area contributed by atoms with Gasteiger partial charge in [0.2, 0.25) is 0 Å². The van der Waals surface area contributed by atoms with Gasteiger partial charge < -0.3 is 15.8 Å². The van der Waals surface area contributed by atoms with Crippen molar-refractivity contribution in [2.45, 2.75) is 6.10 Å². The average molecular weight is 218 g/mol. The Morgan fingerprint density at radius 2 is 2.19 bits per heavy atom. The van der Waals surface area contributed by atoms with E-state index in [0.717, 1.165) is 5.56 Å². The molecule has 0 fully saturated rings. The number of nitrogens with two attached hydrogens (primary N) is 1. The van der Waals surface area contributed by atoms with Crippen molar-refractivity contribution in [1.82, 2.24) is 5.32 Å². The fourth-order valence-corrected chi connectivity index (χ4v) is 1.31. The smallest absolute Gasteiger partial charge is 0.405 e. The number of hydrogen-bond donors (Lipinski definition) is 2. The van der Waals surface area contributed by atoms with Crippen molar-refractivity contribution < 1.29 is 9.53 Å². The van der Waals surface area contributed by atoms with Crippen LogP contribution in [-0.4, -0.2) is 19.2 Å². The third-order valence-electron chi connectivity index (χ3n) is 1.99. The Hall–Kier alpha value is -1.99. The molecule has 1 amide bonds. The second-order valence-electron chi connectivity index (χ2n) is 3.17. The van der Waals surface area contributed by atoms with Gasteiger partial charge in [0.15, 0.2) is 0 Å². The van der Waals surface area contributed by atoms with Gasteiger partial charge in [-0.1, -0.05) is 36.3 Å². The van der Waals surface area contributed by atoms with Crippen LogP contribution in [0.15, 0.2) is 30.3 Å². The Morgan fingerprint density at radius 3 is 2.75 bits per heavy atom. The summed E-state index contributed by atoms with van der Waals surface area (Å²) in [6, 6.07) is 9.36. The van der Waals surface area contributed by atoms with Crippen LogP contribution >= 0.6 is 0 Å². The molecule has 1 unspecified atom stereocenters. The van der Waals surface area contributed by atoms with E-state index in [4.69, 9.17) is 16.9 Å². The third-order valence-corrected chi connectivity index (χ3v) is 1.99. The fourth-order valence-electron chi connectivity index (χ4n) is 1.31. The minimum Gasteiger partial charge on any atom is -0.440 e. The lowest BCUT2D eigenvalue weighted by atomic mass is 10.1. The maximum atomic E-state index is 10.7. The molecule has 16 heavy (non-hydrogen) atoms. The Kier molecular flexibility index (Phi) is 4.90. The van der Waals surface area contributed by atoms with Gasteiger partial charge in [-0.3, -0.25) is 0 Å². The number of amides is 1. The molecule has 1 rings (SSSR count). The molecule has 0 aliphatic rings. The minimum atomic E-state index is -0.795. The van der Waals surface area contributed by atoms with Crippen molar-refractivity contribution in [3.8, 4) is 12.3 Å². The Labute approximate surface area is 94.8 Å². The van der Waals surface area contributed by atoms with Gasteiger partial charge in [-0.2, -0.15) is 0 Å². The highest BCUT2D eigenvalue weighted by molar-refractivity contribution is 5.65. The zero-order chi connectivity index (χ0) is 11.8. The molecular weight excluding hydrogens is 204 g/mol. The number of nitrogens with one attached hydrogen (secondary N) is 1. The molecule has 0 saturated heterocycles. The summed E-state index contributed by atoms with van der Waals surface area (Å²) in [5.74, 6) is 2.44. The first kappa shape index (κ1) is 12.1. The van der Waals surface area contributed by atoms with E-state index in [9.17, 15) is 4.79 Å². The molecular formula is C12H14N2O2. The van der Waals surface area contributed by atoms with Crippen molar-refractivity contribution in [2.24, 2.45) is 5.73 Å². The normalized spacial score (nSPS) is 11.4. The number of carbonyl (C=O) groups excluding carboxylic acids is 1. The van der Waals surface area contributed by atoms with Crippen LogP contribution in [0.2, 0.25) is 0 Å². The molecule has 0 saturated carbocycles. The van der Waals surface area contributed by atoms with E-state index in [1.165, 1.54) is 0 Å². The summed E-state index contributed by atoms with van der Waals surface area (Å²) in [7, 11) is 0. The van der Waals surface area contributed by atoms with Crippen molar-refractivity contribution in [3.05, 3.63) is 35.9 Å². The van der Waals surface area contributed by atoms with Gasteiger partial charge in [0, 0.05) is 6.54 Å². The largest absolute Gasteiger partial charge is 0.440 e. The molecule has 0 aliphatic heterocycles. The van der Waals surface area contributed by atoms with Gasteiger partial charge in [0.25, 0.3) is 0 Å². The zero-order valence-corrected chi connectivity index (χ0v) is 8.85. The number of benzene rings is 1. The summed E-state index contributed by atoms with van der Waals surface area (Å²) in [6.07, 6.45) is 3.90. The molecule has 1 aromatic carbocycles. The lowest BCUT2D eigenvalue weighted by Crippen LogP contribution is -2.27. The topological polar surface area (TPSA) is 64.3 Å². The summed E-state index contributed by atoms with van der Waals surface area (Å²) in [4.78, 5) is 10.7. The van der Waals surface area contributed by atoms with E-state index < -0.39 is 12.2 Å². The maximum Gasteiger partial charge on any atom is 0.405 e. The predicted molar refractivity (Wildman–Crippen MR) is 61.6 cm³/mol. The second-order valence-corrected chi connectivity index (χ2v) is 3.17. The lowest BCUT2D eigenvalue weighted by molar-refractivity contribution is 0.106. The van der Waals surface area contributed by atoms with Gasteiger partial charge in [-0.15, -0.1) is 6.42 Å². The van der Waals surface area contributed by atoms with E-state index in [0.29, 0.717) is 13.1 Å². The number of ether oxygens (including phenoxy) is 1. The maximum absolute atomic E-state index is 10.7. The van der Waals surface area contributed by atoms with E-state index in [2.05, 4.69) is 11.2 Å². The zero-order valence-electron chi connectivity index (χ0n) is 8.85. The molecule has 4 nitrogen and oxygen atoms in total. The van der Waals surface area contributed by atoms with Crippen LogP contribution in [0.5, 0.6) is 0 Å². The molecule has 0 aliphatic carbocycles. The quantitative estimate of drug-likeness (QED) is 0.573. The van der Waals surface area contributed by atoms with Crippen LogP contribution in [0, 0.1) is 12.3 Å². The average Bonchev–Trinajstić information content (AvgIpc) is 2.29. The molecule has 4 heteroatoms. The van der Waals surface area contributed by atoms with Crippen LogP contribution in [0.25, 0.3) is 0 Å². The van der Waals surface area contributed by atoms with Gasteiger partial charge in [-0.05, 0) is 5.56 Å². The highest BCUT2D eigenvalue weighted by Gasteiger charge is 2.13. The molecule has 0 aromatic heterocycles. The van der Waals surface area contributed by atoms with Crippen LogP contribution in [0.1, 0.15) is 11.7 Å². The minimum absolute atomic E-state index is 0.410. The molecule has 0 bridgehead atoms. The Morgan fingerprint density at radius 1 is 1.50 bits per heavy atom. The van der Waals surface area contributed by atoms with E-state index in [1.807, 2.05) is 30.3 Å². The first-order valence-electron chi connectivity index (χ1n) is 4.89. The third kappa shape index (κ3) is 4.03. The summed E-state index contributed by atoms with van der Waals surface area (Å²) in [6.45, 7) is 0.864. The molecule has 3 N–H and O–H groups in total. The van der Waals surface area contributed by atoms with E-state index in [1.54, 1.807) is 0 Å². The van der Waals surface area contributed by atoms with Crippen LogP contribution in [0.4, 0.5) is 4.79 Å². The summed E-state index contributed by atoms with van der Waals surface area (Å²) in [5, 5.41) is 2.97. The highest BCUT2D eigenvalue weighted by atomic mass is 16.6. The van der Waals surface area contributed by atoms with Crippen molar-refractivity contribution in [1.29, 1.82) is 0 Å². The monoisotopic (exact) mass is 218 g/mol. The summed E-state index contributed by atoms with van der Waals surface area (Å²) < 4.78 is 4.99. The van der Waals surface area contributed by atoms with Gasteiger partial charge in [0.1, 0.15) is 6.10 Å². The predicted octanol–water partition coefficient (Wildman–Crippen LogP) is 1.05. The van der Waals surface area contributed by atoms with E-state index >= 15 is 0 Å². The Bertz CT molecular complexity index is 370. The summed E-state index contributed by atoms with van der Waals surface area (Å²) >= 11 is 0. The number of terminal acetylenes is 1. The number of carbonyl (C=O) groups is 1. The molecule has 1 atom stereocenters. The highest BCUT2D eigenvalue weighted by Crippen LogP contribution is 2.15. The summed E-state index contributed by atoms with van der Waals surface area (Å²) in [5.41, 5.74) is 5.89. The first-order valence-corrected chi connectivity index (χ1v) is 4.89. The number of rotatable bonds is 5. The standard InChI is InChI=1S/C12H14N2O2/c1-2-8-14-9-11(16-12(13)15)10-6-4-3-5-7-10/h1,3-7,11,14H,8-9H2,(H2,13,15). The van der Waals surface area contributed by atoms with Crippen LogP contribution in [-0.2, 0) is 4.74 Å². The Balaban J connectivity index is 2.64. The lowest BCUT2D eigenvalue weighted by Gasteiger charge is -2.16. The van der Waals surface area contributed by atoms with E-state index in [-0.39, 0.29) is 0 Å². The van der Waals surface area contributed by atoms with Crippen LogP contribution < -0.4 is 11.1 Å². The molecule has 1 aromatic rings. The van der Waals surface area contributed by atoms with Crippen molar-refractivity contribution in [3.63, 3.8) is 0 Å². The SMILES string of the molecule is C#CCNCC(OC(N)=O)c1ccccc1. The van der Waals surface area contributed by atoms with Crippen molar-refractivity contribution in [2.75, 3.05) is 13.1 Å². The molecule has 0 radical (unpaired) electrons. The first-order chi connectivity index (χ1) is 7.74. The van der Waals surface area contributed by atoms with Gasteiger partial charge >= 0.3 is 6.09 Å².